The van der Waals surface area contributed by atoms with Crippen LogP contribution in [0.1, 0.15) is 42.5 Å². The van der Waals surface area contributed by atoms with Gasteiger partial charge in [-0.05, 0) is 56.4 Å². The highest BCUT2D eigenvalue weighted by molar-refractivity contribution is 6.36. The van der Waals surface area contributed by atoms with E-state index in [0.29, 0.717) is 21.3 Å². The highest BCUT2D eigenvalue weighted by Crippen LogP contribution is 2.26. The van der Waals surface area contributed by atoms with Gasteiger partial charge >= 0.3 is 0 Å². The number of anilines is 2. The molecule has 0 unspecified atom stereocenters. The molecule has 0 saturated carbocycles. The normalized spacial score (nSPS) is 13.8. The number of pyridine rings is 1. The van der Waals surface area contributed by atoms with Crippen LogP contribution in [-0.4, -0.2) is 17.4 Å². The van der Waals surface area contributed by atoms with Crippen LogP contribution in [0.5, 0.6) is 0 Å². The van der Waals surface area contributed by atoms with Crippen LogP contribution in [0.3, 0.4) is 0 Å². The van der Waals surface area contributed by atoms with Gasteiger partial charge in [-0.25, -0.2) is 0 Å². The fraction of sp³-hybridized carbons (Fsp3) is 0.300. The number of amides is 1. The van der Waals surface area contributed by atoms with Crippen molar-refractivity contribution >= 4 is 40.5 Å². The fourth-order valence-electron chi connectivity index (χ4n) is 2.95. The van der Waals surface area contributed by atoms with Gasteiger partial charge in [0.05, 0.1) is 22.0 Å². The summed E-state index contributed by atoms with van der Waals surface area (Å²) in [6, 6.07) is 6.74. The number of rotatable bonds is 6. The summed E-state index contributed by atoms with van der Waals surface area (Å²) in [5.41, 5.74) is 3.33. The summed E-state index contributed by atoms with van der Waals surface area (Å²) in [5.74, 6) is -0.264. The van der Waals surface area contributed by atoms with Crippen LogP contribution in [-0.2, 0) is 0 Å². The van der Waals surface area contributed by atoms with Crippen molar-refractivity contribution in [3.05, 3.63) is 63.9 Å². The molecule has 136 valence electrons. The average Bonchev–Trinajstić information content (AvgIpc) is 2.65. The molecule has 1 aromatic heterocycles. The Morgan fingerprint density at radius 3 is 2.81 bits per heavy atom. The Bertz CT molecular complexity index is 820. The Hall–Kier alpha value is -2.04. The average molecular weight is 390 g/mol. The van der Waals surface area contributed by atoms with Crippen LogP contribution in [0, 0.1) is 0 Å². The van der Waals surface area contributed by atoms with Gasteiger partial charge in [0.1, 0.15) is 0 Å². The summed E-state index contributed by atoms with van der Waals surface area (Å²) in [4.78, 5) is 16.6. The lowest BCUT2D eigenvalue weighted by Gasteiger charge is -2.13. The van der Waals surface area contributed by atoms with E-state index in [2.05, 4.69) is 21.7 Å². The minimum atomic E-state index is -0.264. The smallest absolute Gasteiger partial charge is 0.257 e. The Morgan fingerprint density at radius 1 is 1.15 bits per heavy atom. The van der Waals surface area contributed by atoms with Crippen LogP contribution >= 0.6 is 23.2 Å². The third-order valence-electron chi connectivity index (χ3n) is 4.34. The molecule has 2 N–H and O–H groups in total. The van der Waals surface area contributed by atoms with Crippen LogP contribution in [0.2, 0.25) is 10.0 Å². The number of hydrogen-bond donors (Lipinski definition) is 2. The maximum Gasteiger partial charge on any atom is 0.257 e. The molecular weight excluding hydrogens is 369 g/mol. The lowest BCUT2D eigenvalue weighted by Crippen LogP contribution is -2.13. The van der Waals surface area contributed by atoms with E-state index in [0.717, 1.165) is 18.7 Å². The third-order valence-corrected chi connectivity index (χ3v) is 4.89. The Balaban J connectivity index is 1.59. The summed E-state index contributed by atoms with van der Waals surface area (Å²) in [7, 11) is 0. The van der Waals surface area contributed by atoms with Crippen molar-refractivity contribution in [3.63, 3.8) is 0 Å². The van der Waals surface area contributed by atoms with Gasteiger partial charge in [0.2, 0.25) is 0 Å². The van der Waals surface area contributed by atoms with Gasteiger partial charge in [-0.3, -0.25) is 9.78 Å². The van der Waals surface area contributed by atoms with E-state index < -0.39 is 0 Å². The second kappa shape index (κ2) is 9.06. The molecule has 1 amide bonds. The zero-order valence-corrected chi connectivity index (χ0v) is 15.9. The second-order valence-electron chi connectivity index (χ2n) is 6.33. The first-order valence-electron chi connectivity index (χ1n) is 8.75. The summed E-state index contributed by atoms with van der Waals surface area (Å²) in [5, 5.41) is 7.04. The van der Waals surface area contributed by atoms with E-state index in [4.69, 9.17) is 23.2 Å². The number of nitrogens with one attached hydrogen (secondary N) is 2. The standard InChI is InChI=1S/C20H21Cl2N3O/c21-16-6-7-19(18(22)11-16)25-20(26)15-10-17(13-23-12-15)24-9-8-14-4-2-1-3-5-14/h4,6-7,10-13,24H,1-3,5,8-9H2,(H,25,26). The summed E-state index contributed by atoms with van der Waals surface area (Å²) in [6.45, 7) is 0.835. The van der Waals surface area contributed by atoms with Crippen molar-refractivity contribution in [2.45, 2.75) is 32.1 Å². The maximum atomic E-state index is 12.4. The molecule has 0 aliphatic heterocycles. The van der Waals surface area contributed by atoms with Gasteiger partial charge in [-0.15, -0.1) is 0 Å². The fourth-order valence-corrected chi connectivity index (χ4v) is 3.40. The highest BCUT2D eigenvalue weighted by Gasteiger charge is 2.10. The maximum absolute atomic E-state index is 12.4. The summed E-state index contributed by atoms with van der Waals surface area (Å²) < 4.78 is 0. The Morgan fingerprint density at radius 2 is 2.04 bits per heavy atom. The lowest BCUT2D eigenvalue weighted by molar-refractivity contribution is 0.102. The molecule has 0 fully saturated rings. The topological polar surface area (TPSA) is 54.0 Å². The van der Waals surface area contributed by atoms with Gasteiger partial charge in [-0.2, -0.15) is 0 Å². The first kappa shape index (κ1) is 18.7. The van der Waals surface area contributed by atoms with Gasteiger partial charge in [0.15, 0.2) is 0 Å². The van der Waals surface area contributed by atoms with Crippen molar-refractivity contribution in [2.24, 2.45) is 0 Å². The van der Waals surface area contributed by atoms with Crippen LogP contribution in [0.4, 0.5) is 11.4 Å². The Kier molecular flexibility index (Phi) is 6.53. The molecule has 1 aromatic carbocycles. The number of halogens is 2. The molecule has 0 radical (unpaired) electrons. The van der Waals surface area contributed by atoms with Crippen LogP contribution < -0.4 is 10.6 Å². The number of hydrogen-bond acceptors (Lipinski definition) is 3. The molecule has 4 nitrogen and oxygen atoms in total. The van der Waals surface area contributed by atoms with E-state index >= 15 is 0 Å². The molecule has 6 heteroatoms. The molecule has 0 saturated heterocycles. The lowest BCUT2D eigenvalue weighted by atomic mass is 9.97. The number of nitrogens with zero attached hydrogens (tertiary/aromatic N) is 1. The molecule has 0 spiro atoms. The summed E-state index contributed by atoms with van der Waals surface area (Å²) >= 11 is 12.0. The minimum Gasteiger partial charge on any atom is -0.383 e. The largest absolute Gasteiger partial charge is 0.383 e. The molecule has 2 aromatic rings. The zero-order chi connectivity index (χ0) is 18.4. The predicted molar refractivity (Wildman–Crippen MR) is 108 cm³/mol. The first-order valence-corrected chi connectivity index (χ1v) is 9.50. The van der Waals surface area contributed by atoms with Gasteiger partial charge in [-0.1, -0.05) is 34.9 Å². The van der Waals surface area contributed by atoms with E-state index in [1.165, 1.54) is 37.5 Å². The molecule has 3 rings (SSSR count). The Labute approximate surface area is 163 Å². The van der Waals surface area contributed by atoms with E-state index in [-0.39, 0.29) is 5.91 Å². The van der Waals surface area contributed by atoms with Crippen LogP contribution in [0.25, 0.3) is 0 Å². The third kappa shape index (κ3) is 5.23. The van der Waals surface area contributed by atoms with E-state index in [1.807, 2.05) is 0 Å². The molecule has 1 heterocycles. The first-order chi connectivity index (χ1) is 12.6. The van der Waals surface area contributed by atoms with Gasteiger partial charge in [0.25, 0.3) is 5.91 Å². The monoisotopic (exact) mass is 389 g/mol. The van der Waals surface area contributed by atoms with Crippen molar-refractivity contribution in [2.75, 3.05) is 17.2 Å². The predicted octanol–water partition coefficient (Wildman–Crippen LogP) is 5.94. The van der Waals surface area contributed by atoms with Crippen molar-refractivity contribution < 1.29 is 4.79 Å². The van der Waals surface area contributed by atoms with E-state index in [1.54, 1.807) is 30.5 Å². The summed E-state index contributed by atoms with van der Waals surface area (Å²) in [6.07, 6.45) is 11.6. The number of benzene rings is 1. The SMILES string of the molecule is O=C(Nc1ccc(Cl)cc1Cl)c1cncc(NCCC2=CCCCC2)c1. The number of aromatic nitrogens is 1. The zero-order valence-electron chi connectivity index (χ0n) is 14.4. The quantitative estimate of drug-likeness (QED) is 0.600. The van der Waals surface area contributed by atoms with Crippen molar-refractivity contribution in [1.29, 1.82) is 0 Å². The molecule has 0 atom stereocenters. The minimum absolute atomic E-state index is 0.264. The number of allylic oxidation sites excluding steroid dienone is 1. The number of carbonyl (C=O) groups excluding carboxylic acids is 1. The highest BCUT2D eigenvalue weighted by atomic mass is 35.5. The molecular formula is C20H21Cl2N3O. The number of carbonyl (C=O) groups is 1. The van der Waals surface area contributed by atoms with E-state index in [9.17, 15) is 4.79 Å². The van der Waals surface area contributed by atoms with Crippen LogP contribution in [0.15, 0.2) is 48.3 Å². The molecule has 0 bridgehead atoms. The van der Waals surface area contributed by atoms with Gasteiger partial charge < -0.3 is 10.6 Å². The molecule has 1 aliphatic rings. The molecule has 26 heavy (non-hydrogen) atoms. The van der Waals surface area contributed by atoms with Crippen molar-refractivity contribution in [1.82, 2.24) is 4.98 Å². The molecule has 1 aliphatic carbocycles. The second-order valence-corrected chi connectivity index (χ2v) is 7.17. The van der Waals surface area contributed by atoms with Gasteiger partial charge in [0, 0.05) is 24.0 Å². The van der Waals surface area contributed by atoms with Crippen molar-refractivity contribution in [3.8, 4) is 0 Å².